The quantitative estimate of drug-likeness (QED) is 0.622. The van der Waals surface area contributed by atoms with Gasteiger partial charge in [0.25, 0.3) is 0 Å². The van der Waals surface area contributed by atoms with Crippen molar-refractivity contribution >= 4 is 11.3 Å². The zero-order valence-electron chi connectivity index (χ0n) is 11.7. The number of ether oxygens (including phenoxy) is 1. The summed E-state index contributed by atoms with van der Waals surface area (Å²) >= 11 is 1.70. The van der Waals surface area contributed by atoms with Crippen LogP contribution in [0.4, 0.5) is 0 Å². The Bertz CT molecular complexity index is 302. The van der Waals surface area contributed by atoms with Crippen molar-refractivity contribution in [3.63, 3.8) is 0 Å². The predicted molar refractivity (Wildman–Crippen MR) is 77.9 cm³/mol. The molecule has 104 valence electrons. The fourth-order valence-corrected chi connectivity index (χ4v) is 2.60. The third kappa shape index (κ3) is 7.09. The first kappa shape index (κ1) is 15.6. The Morgan fingerprint density at radius 2 is 2.00 bits per heavy atom. The fraction of sp³-hybridized carbons (Fsp3) is 0.786. The maximum Gasteiger partial charge on any atom is 0.107 e. The van der Waals surface area contributed by atoms with E-state index in [9.17, 15) is 0 Å². The summed E-state index contributed by atoms with van der Waals surface area (Å²) in [5, 5.41) is 6.33. The van der Waals surface area contributed by atoms with Gasteiger partial charge >= 0.3 is 0 Å². The van der Waals surface area contributed by atoms with Gasteiger partial charge in [-0.2, -0.15) is 0 Å². The zero-order valence-corrected chi connectivity index (χ0v) is 12.5. The highest BCUT2D eigenvalue weighted by Gasteiger charge is 2.00. The minimum atomic E-state index is 0.662. The number of nitrogens with zero attached hydrogens (tertiary/aromatic N) is 1. The van der Waals surface area contributed by atoms with Crippen molar-refractivity contribution in [3.05, 3.63) is 16.1 Å². The first-order chi connectivity index (χ1) is 8.86. The number of nitrogens with one attached hydrogen (secondary N) is 1. The van der Waals surface area contributed by atoms with Gasteiger partial charge in [-0.05, 0) is 13.5 Å². The highest BCUT2D eigenvalue weighted by molar-refractivity contribution is 7.09. The smallest absolute Gasteiger partial charge is 0.107 e. The Morgan fingerprint density at radius 3 is 2.78 bits per heavy atom. The molecule has 0 aliphatic rings. The Labute approximate surface area is 115 Å². The van der Waals surface area contributed by atoms with E-state index in [4.69, 9.17) is 4.74 Å². The molecule has 18 heavy (non-hydrogen) atoms. The van der Waals surface area contributed by atoms with Crippen molar-refractivity contribution in [1.29, 1.82) is 0 Å². The second kappa shape index (κ2) is 10.5. The van der Waals surface area contributed by atoms with E-state index in [0.29, 0.717) is 6.61 Å². The lowest BCUT2D eigenvalue weighted by Crippen LogP contribution is -2.04. The molecule has 0 amide bonds. The van der Waals surface area contributed by atoms with Crippen molar-refractivity contribution in [2.24, 2.45) is 0 Å². The summed E-state index contributed by atoms with van der Waals surface area (Å²) in [5.74, 6) is 0. The largest absolute Gasteiger partial charge is 0.375 e. The Kier molecular flexibility index (Phi) is 9.08. The van der Waals surface area contributed by atoms with Crippen molar-refractivity contribution in [3.8, 4) is 0 Å². The average Bonchev–Trinajstić information content (AvgIpc) is 2.81. The molecule has 1 aromatic heterocycles. The molecule has 1 aromatic rings. The highest BCUT2D eigenvalue weighted by Crippen LogP contribution is 2.11. The number of rotatable bonds is 11. The van der Waals surface area contributed by atoms with Crippen molar-refractivity contribution in [2.75, 3.05) is 13.7 Å². The van der Waals surface area contributed by atoms with Crippen LogP contribution in [-0.4, -0.2) is 18.6 Å². The topological polar surface area (TPSA) is 34.1 Å². The van der Waals surface area contributed by atoms with E-state index in [1.165, 1.54) is 38.5 Å². The average molecular weight is 270 g/mol. The first-order valence-electron chi connectivity index (χ1n) is 7.02. The molecule has 1 N–H and O–H groups in total. The highest BCUT2D eigenvalue weighted by atomic mass is 32.1. The molecule has 0 saturated heterocycles. The molecule has 0 fully saturated rings. The molecule has 0 aliphatic heterocycles. The fourth-order valence-electron chi connectivity index (χ4n) is 1.81. The van der Waals surface area contributed by atoms with Gasteiger partial charge in [0.1, 0.15) is 5.01 Å². The number of unbranched alkanes of at least 4 members (excludes halogenated alkanes) is 5. The summed E-state index contributed by atoms with van der Waals surface area (Å²) < 4.78 is 5.64. The van der Waals surface area contributed by atoms with Crippen LogP contribution in [0.15, 0.2) is 5.38 Å². The molecule has 0 unspecified atom stereocenters. The Balaban J connectivity index is 1.96. The SMILES string of the molecule is CCCCCCCCOCc1csc(CNC)n1. The van der Waals surface area contributed by atoms with Crippen LogP contribution >= 0.6 is 11.3 Å². The zero-order chi connectivity index (χ0) is 13.1. The number of hydrogen-bond acceptors (Lipinski definition) is 4. The summed E-state index contributed by atoms with van der Waals surface area (Å²) in [6.07, 6.45) is 7.87. The van der Waals surface area contributed by atoms with Crippen molar-refractivity contribution in [1.82, 2.24) is 10.3 Å². The molecular weight excluding hydrogens is 244 g/mol. The van der Waals surface area contributed by atoms with Crippen LogP contribution in [0.1, 0.15) is 56.2 Å². The molecular formula is C14H26N2OS. The van der Waals surface area contributed by atoms with Gasteiger partial charge in [-0.3, -0.25) is 0 Å². The van der Waals surface area contributed by atoms with Gasteiger partial charge in [-0.25, -0.2) is 4.98 Å². The molecule has 4 heteroatoms. The minimum Gasteiger partial charge on any atom is -0.375 e. The van der Waals surface area contributed by atoms with Gasteiger partial charge in [0.05, 0.1) is 12.3 Å². The Morgan fingerprint density at radius 1 is 1.22 bits per heavy atom. The van der Waals surface area contributed by atoms with Gasteiger partial charge in [0.2, 0.25) is 0 Å². The third-order valence-electron chi connectivity index (χ3n) is 2.82. The summed E-state index contributed by atoms with van der Waals surface area (Å²) in [6.45, 7) is 4.63. The van der Waals surface area contributed by atoms with Crippen LogP contribution in [0.25, 0.3) is 0 Å². The van der Waals surface area contributed by atoms with E-state index < -0.39 is 0 Å². The molecule has 0 bridgehead atoms. The number of hydrogen-bond donors (Lipinski definition) is 1. The molecule has 1 rings (SSSR count). The van der Waals surface area contributed by atoms with Crippen LogP contribution in [0.2, 0.25) is 0 Å². The van der Waals surface area contributed by atoms with Crippen molar-refractivity contribution in [2.45, 2.75) is 58.6 Å². The summed E-state index contributed by atoms with van der Waals surface area (Å²) in [7, 11) is 1.94. The third-order valence-corrected chi connectivity index (χ3v) is 3.72. The summed E-state index contributed by atoms with van der Waals surface area (Å²) in [5.41, 5.74) is 1.07. The van der Waals surface area contributed by atoms with E-state index in [-0.39, 0.29) is 0 Å². The molecule has 0 aliphatic carbocycles. The molecule has 0 aromatic carbocycles. The second-order valence-electron chi connectivity index (χ2n) is 4.58. The second-order valence-corrected chi connectivity index (χ2v) is 5.53. The van der Waals surface area contributed by atoms with Crippen LogP contribution in [0.5, 0.6) is 0 Å². The molecule has 3 nitrogen and oxygen atoms in total. The van der Waals surface area contributed by atoms with E-state index >= 15 is 0 Å². The van der Waals surface area contributed by atoms with Crippen molar-refractivity contribution < 1.29 is 4.74 Å². The van der Waals surface area contributed by atoms with Crippen LogP contribution in [0.3, 0.4) is 0 Å². The van der Waals surface area contributed by atoms with E-state index in [1.807, 2.05) is 7.05 Å². The standard InChI is InChI=1S/C14H26N2OS/c1-3-4-5-6-7-8-9-17-11-13-12-18-14(16-13)10-15-2/h12,15H,3-11H2,1-2H3. The van der Waals surface area contributed by atoms with Crippen LogP contribution in [0, 0.1) is 0 Å². The molecule has 0 saturated carbocycles. The monoisotopic (exact) mass is 270 g/mol. The van der Waals surface area contributed by atoms with Gasteiger partial charge < -0.3 is 10.1 Å². The van der Waals surface area contributed by atoms with Crippen LogP contribution in [-0.2, 0) is 17.9 Å². The minimum absolute atomic E-state index is 0.662. The first-order valence-corrected chi connectivity index (χ1v) is 7.90. The van der Waals surface area contributed by atoms with Gasteiger partial charge in [0.15, 0.2) is 0 Å². The summed E-state index contributed by atoms with van der Waals surface area (Å²) in [4.78, 5) is 4.49. The van der Waals surface area contributed by atoms with Gasteiger partial charge in [0, 0.05) is 18.5 Å². The lowest BCUT2D eigenvalue weighted by Gasteiger charge is -2.02. The van der Waals surface area contributed by atoms with E-state index in [1.54, 1.807) is 11.3 Å². The van der Waals surface area contributed by atoms with Crippen LogP contribution < -0.4 is 5.32 Å². The molecule has 1 heterocycles. The normalized spacial score (nSPS) is 11.0. The molecule has 0 radical (unpaired) electrons. The Hall–Kier alpha value is -0.450. The van der Waals surface area contributed by atoms with E-state index in [0.717, 1.165) is 23.9 Å². The molecule has 0 spiro atoms. The lowest BCUT2D eigenvalue weighted by molar-refractivity contribution is 0.114. The predicted octanol–water partition coefficient (Wildman–Crippen LogP) is 3.74. The van der Waals surface area contributed by atoms with Gasteiger partial charge in [-0.15, -0.1) is 11.3 Å². The maximum atomic E-state index is 5.64. The van der Waals surface area contributed by atoms with E-state index in [2.05, 4.69) is 22.6 Å². The maximum absolute atomic E-state index is 5.64. The lowest BCUT2D eigenvalue weighted by atomic mass is 10.1. The number of aromatic nitrogens is 1. The number of thiazole rings is 1. The van der Waals surface area contributed by atoms with Gasteiger partial charge in [-0.1, -0.05) is 39.0 Å². The molecule has 0 atom stereocenters. The summed E-state index contributed by atoms with van der Waals surface area (Å²) in [6, 6.07) is 0.